The van der Waals surface area contributed by atoms with Crippen molar-refractivity contribution in [1.29, 1.82) is 0 Å². The molecule has 7 heteroatoms. The highest BCUT2D eigenvalue weighted by Gasteiger charge is 2.40. The van der Waals surface area contributed by atoms with Gasteiger partial charge in [0.2, 0.25) is 5.91 Å². The van der Waals surface area contributed by atoms with E-state index in [-0.39, 0.29) is 18.7 Å². The van der Waals surface area contributed by atoms with Crippen molar-refractivity contribution in [2.24, 2.45) is 0 Å². The predicted molar refractivity (Wildman–Crippen MR) is 86.8 cm³/mol. The SMILES string of the molecule is Cc1c(CC(=O)NC2(CC(=O)O)CCC2)nnn1-c1ccccc1. The van der Waals surface area contributed by atoms with Crippen molar-refractivity contribution in [3.05, 3.63) is 41.7 Å². The van der Waals surface area contributed by atoms with Crippen LogP contribution in [0.1, 0.15) is 37.1 Å². The van der Waals surface area contributed by atoms with E-state index in [0.717, 1.165) is 17.8 Å². The summed E-state index contributed by atoms with van der Waals surface area (Å²) in [6.45, 7) is 1.87. The van der Waals surface area contributed by atoms with Gasteiger partial charge in [-0.3, -0.25) is 9.59 Å². The van der Waals surface area contributed by atoms with Gasteiger partial charge < -0.3 is 10.4 Å². The first-order chi connectivity index (χ1) is 11.5. The van der Waals surface area contributed by atoms with Crippen molar-refractivity contribution < 1.29 is 14.7 Å². The van der Waals surface area contributed by atoms with Crippen molar-refractivity contribution >= 4 is 11.9 Å². The van der Waals surface area contributed by atoms with Crippen molar-refractivity contribution in [3.8, 4) is 5.69 Å². The van der Waals surface area contributed by atoms with Crippen LogP contribution < -0.4 is 5.32 Å². The Bertz CT molecular complexity index is 750. The number of para-hydroxylation sites is 1. The minimum absolute atomic E-state index is 0.0333. The number of rotatable bonds is 6. The van der Waals surface area contributed by atoms with Crippen molar-refractivity contribution in [1.82, 2.24) is 20.3 Å². The summed E-state index contributed by atoms with van der Waals surface area (Å²) in [6.07, 6.45) is 2.42. The summed E-state index contributed by atoms with van der Waals surface area (Å²) >= 11 is 0. The fraction of sp³-hybridized carbons (Fsp3) is 0.412. The van der Waals surface area contributed by atoms with E-state index in [2.05, 4.69) is 15.6 Å². The van der Waals surface area contributed by atoms with Crippen LogP contribution in [0.15, 0.2) is 30.3 Å². The summed E-state index contributed by atoms with van der Waals surface area (Å²) in [6, 6.07) is 9.58. The second-order valence-electron chi connectivity index (χ2n) is 6.30. The molecule has 1 saturated carbocycles. The highest BCUT2D eigenvalue weighted by Crippen LogP contribution is 2.35. The van der Waals surface area contributed by atoms with Gasteiger partial charge in [0, 0.05) is 0 Å². The molecule has 0 radical (unpaired) electrons. The lowest BCUT2D eigenvalue weighted by Gasteiger charge is -2.41. The number of hydrogen-bond acceptors (Lipinski definition) is 4. The third-order valence-electron chi connectivity index (χ3n) is 4.52. The smallest absolute Gasteiger partial charge is 0.305 e. The van der Waals surface area contributed by atoms with Crippen molar-refractivity contribution in [2.75, 3.05) is 0 Å². The van der Waals surface area contributed by atoms with Gasteiger partial charge in [-0.15, -0.1) is 5.10 Å². The van der Waals surface area contributed by atoms with Gasteiger partial charge in [0.15, 0.2) is 0 Å². The highest BCUT2D eigenvalue weighted by atomic mass is 16.4. The molecule has 0 saturated heterocycles. The molecule has 24 heavy (non-hydrogen) atoms. The lowest BCUT2D eigenvalue weighted by atomic mass is 9.74. The number of carbonyl (C=O) groups excluding carboxylic acids is 1. The molecule has 0 aliphatic heterocycles. The molecule has 1 amide bonds. The van der Waals surface area contributed by atoms with Crippen LogP contribution in [0.4, 0.5) is 0 Å². The number of nitrogens with one attached hydrogen (secondary N) is 1. The number of carbonyl (C=O) groups is 2. The first kappa shape index (κ1) is 16.2. The summed E-state index contributed by atoms with van der Waals surface area (Å²) in [5, 5.41) is 20.1. The molecule has 2 N–H and O–H groups in total. The van der Waals surface area contributed by atoms with E-state index in [1.807, 2.05) is 37.3 Å². The number of amides is 1. The van der Waals surface area contributed by atoms with E-state index in [4.69, 9.17) is 5.11 Å². The van der Waals surface area contributed by atoms with Crippen LogP contribution in [0.3, 0.4) is 0 Å². The van der Waals surface area contributed by atoms with Crippen LogP contribution in [-0.4, -0.2) is 37.5 Å². The summed E-state index contributed by atoms with van der Waals surface area (Å²) < 4.78 is 1.69. The topological polar surface area (TPSA) is 97.1 Å². The Morgan fingerprint density at radius 2 is 2.00 bits per heavy atom. The maximum Gasteiger partial charge on any atom is 0.305 e. The van der Waals surface area contributed by atoms with E-state index >= 15 is 0 Å². The molecule has 0 bridgehead atoms. The Balaban J connectivity index is 1.69. The Hall–Kier alpha value is -2.70. The summed E-state index contributed by atoms with van der Waals surface area (Å²) in [5.74, 6) is -1.10. The van der Waals surface area contributed by atoms with E-state index < -0.39 is 11.5 Å². The number of hydrogen-bond donors (Lipinski definition) is 2. The minimum atomic E-state index is -0.888. The van der Waals surface area contributed by atoms with E-state index in [1.54, 1.807) is 4.68 Å². The van der Waals surface area contributed by atoms with Gasteiger partial charge in [0.05, 0.1) is 35.5 Å². The number of aromatic nitrogens is 3. The Morgan fingerprint density at radius 3 is 2.58 bits per heavy atom. The van der Waals surface area contributed by atoms with Crippen LogP contribution in [0, 0.1) is 6.92 Å². The first-order valence-corrected chi connectivity index (χ1v) is 7.98. The molecule has 2 aromatic rings. The van der Waals surface area contributed by atoms with Gasteiger partial charge in [-0.05, 0) is 38.3 Å². The highest BCUT2D eigenvalue weighted by molar-refractivity contribution is 5.80. The molecule has 1 aliphatic rings. The normalized spacial score (nSPS) is 15.5. The zero-order valence-corrected chi connectivity index (χ0v) is 13.5. The molecule has 7 nitrogen and oxygen atoms in total. The predicted octanol–water partition coefficient (Wildman–Crippen LogP) is 1.63. The average molecular weight is 328 g/mol. The third kappa shape index (κ3) is 3.29. The quantitative estimate of drug-likeness (QED) is 0.840. The Kier molecular flexibility index (Phi) is 4.33. The maximum absolute atomic E-state index is 12.3. The number of benzene rings is 1. The molecule has 1 aromatic carbocycles. The molecule has 0 atom stereocenters. The molecule has 0 spiro atoms. The van der Waals surface area contributed by atoms with Gasteiger partial charge in [0.1, 0.15) is 0 Å². The minimum Gasteiger partial charge on any atom is -0.481 e. The van der Waals surface area contributed by atoms with Gasteiger partial charge in [-0.25, -0.2) is 4.68 Å². The van der Waals surface area contributed by atoms with Gasteiger partial charge >= 0.3 is 5.97 Å². The summed E-state index contributed by atoms with van der Waals surface area (Å²) in [4.78, 5) is 23.3. The molecule has 1 aliphatic carbocycles. The van der Waals surface area contributed by atoms with E-state index in [0.29, 0.717) is 18.5 Å². The van der Waals surface area contributed by atoms with Crippen LogP contribution >= 0.6 is 0 Å². The number of nitrogens with zero attached hydrogens (tertiary/aromatic N) is 3. The first-order valence-electron chi connectivity index (χ1n) is 7.98. The fourth-order valence-corrected chi connectivity index (χ4v) is 3.07. The maximum atomic E-state index is 12.3. The van der Waals surface area contributed by atoms with Gasteiger partial charge in [-0.1, -0.05) is 23.4 Å². The Morgan fingerprint density at radius 1 is 1.29 bits per heavy atom. The summed E-state index contributed by atoms with van der Waals surface area (Å²) in [5.41, 5.74) is 1.69. The third-order valence-corrected chi connectivity index (χ3v) is 4.52. The molecular formula is C17H20N4O3. The molecule has 1 aromatic heterocycles. The van der Waals surface area contributed by atoms with Crippen molar-refractivity contribution in [2.45, 2.75) is 44.6 Å². The largest absolute Gasteiger partial charge is 0.481 e. The summed E-state index contributed by atoms with van der Waals surface area (Å²) in [7, 11) is 0. The average Bonchev–Trinajstić information content (AvgIpc) is 2.86. The van der Waals surface area contributed by atoms with E-state index in [9.17, 15) is 9.59 Å². The van der Waals surface area contributed by atoms with Crippen LogP contribution in [0.25, 0.3) is 5.69 Å². The zero-order chi connectivity index (χ0) is 17.2. The molecule has 126 valence electrons. The molecule has 1 fully saturated rings. The standard InChI is InChI=1S/C17H20N4O3/c1-12-14(19-20-21(12)13-6-3-2-4-7-13)10-15(22)18-17(8-5-9-17)11-16(23)24/h2-4,6-7H,5,8-11H2,1H3,(H,18,22)(H,23,24). The Labute approximate surface area is 139 Å². The van der Waals surface area contributed by atoms with E-state index in [1.165, 1.54) is 0 Å². The number of aliphatic carboxylic acids is 1. The number of carboxylic acid groups (broad SMARTS) is 1. The lowest BCUT2D eigenvalue weighted by Crippen LogP contribution is -2.55. The van der Waals surface area contributed by atoms with Gasteiger partial charge in [-0.2, -0.15) is 0 Å². The molecule has 3 rings (SSSR count). The second kappa shape index (κ2) is 6.43. The monoisotopic (exact) mass is 328 g/mol. The van der Waals surface area contributed by atoms with Crippen molar-refractivity contribution in [3.63, 3.8) is 0 Å². The lowest BCUT2D eigenvalue weighted by molar-refractivity contribution is -0.140. The van der Waals surface area contributed by atoms with Gasteiger partial charge in [0.25, 0.3) is 0 Å². The second-order valence-corrected chi connectivity index (χ2v) is 6.30. The van der Waals surface area contributed by atoms with Crippen LogP contribution in [0.2, 0.25) is 0 Å². The zero-order valence-electron chi connectivity index (χ0n) is 13.5. The van der Waals surface area contributed by atoms with Crippen LogP contribution in [0.5, 0.6) is 0 Å². The fourth-order valence-electron chi connectivity index (χ4n) is 3.07. The number of carboxylic acids is 1. The molecule has 1 heterocycles. The van der Waals surface area contributed by atoms with Crippen LogP contribution in [-0.2, 0) is 16.0 Å². The molecule has 0 unspecified atom stereocenters. The molecular weight excluding hydrogens is 308 g/mol.